The summed E-state index contributed by atoms with van der Waals surface area (Å²) in [6.45, 7) is 6.80. The molecule has 1 aliphatic carbocycles. The van der Waals surface area contributed by atoms with Crippen LogP contribution in [0.2, 0.25) is 0 Å². The normalized spacial score (nSPS) is 32.1. The fourth-order valence-corrected chi connectivity index (χ4v) is 5.54. The van der Waals surface area contributed by atoms with Gasteiger partial charge in [-0.2, -0.15) is 11.8 Å². The van der Waals surface area contributed by atoms with Crippen LogP contribution in [0.1, 0.15) is 48.7 Å². The van der Waals surface area contributed by atoms with Crippen molar-refractivity contribution in [2.75, 3.05) is 5.75 Å². The third-order valence-corrected chi connectivity index (χ3v) is 6.74. The zero-order chi connectivity index (χ0) is 12.8. The Morgan fingerprint density at radius 1 is 1.44 bits per heavy atom. The first-order valence-corrected chi connectivity index (χ1v) is 8.88. The molecule has 0 aromatic carbocycles. The molecule has 2 nitrogen and oxygen atoms in total. The number of thioether (sulfide) groups is 1. The minimum Gasteiger partial charge on any atom is -0.302 e. The molecule has 1 saturated carbocycles. The van der Waals surface area contributed by atoms with E-state index in [4.69, 9.17) is 4.98 Å². The Hall–Kier alpha value is -0.0600. The van der Waals surface area contributed by atoms with Gasteiger partial charge in [0.2, 0.25) is 0 Å². The average Bonchev–Trinajstić information content (AvgIpc) is 2.97. The molecule has 2 fully saturated rings. The van der Waals surface area contributed by atoms with Crippen LogP contribution in [-0.2, 0) is 12.0 Å². The summed E-state index contributed by atoms with van der Waals surface area (Å²) >= 11 is 4.02. The van der Waals surface area contributed by atoms with E-state index in [1.54, 1.807) is 0 Å². The highest BCUT2D eigenvalue weighted by Gasteiger charge is 2.47. The van der Waals surface area contributed by atoms with E-state index in [9.17, 15) is 0 Å². The minimum absolute atomic E-state index is 0.161. The Morgan fingerprint density at radius 2 is 2.22 bits per heavy atom. The van der Waals surface area contributed by atoms with Gasteiger partial charge in [-0.15, -0.1) is 11.3 Å². The van der Waals surface area contributed by atoms with E-state index in [1.807, 2.05) is 11.3 Å². The molecule has 1 aliphatic heterocycles. The molecule has 1 aromatic heterocycles. The van der Waals surface area contributed by atoms with Gasteiger partial charge < -0.3 is 5.32 Å². The Balaban J connectivity index is 1.96. The largest absolute Gasteiger partial charge is 0.302 e. The topological polar surface area (TPSA) is 24.9 Å². The van der Waals surface area contributed by atoms with E-state index in [-0.39, 0.29) is 5.54 Å². The van der Waals surface area contributed by atoms with E-state index >= 15 is 0 Å². The highest BCUT2D eigenvalue weighted by molar-refractivity contribution is 8.00. The van der Waals surface area contributed by atoms with Crippen molar-refractivity contribution in [1.29, 1.82) is 0 Å². The van der Waals surface area contributed by atoms with Crippen LogP contribution in [0.15, 0.2) is 0 Å². The predicted molar refractivity (Wildman–Crippen MR) is 80.6 cm³/mol. The molecule has 0 amide bonds. The molecular weight excluding hydrogens is 260 g/mol. The molecule has 2 atom stereocenters. The Kier molecular flexibility index (Phi) is 3.45. The number of thiazole rings is 1. The second-order valence-electron chi connectivity index (χ2n) is 5.53. The molecule has 1 saturated heterocycles. The Morgan fingerprint density at radius 3 is 2.72 bits per heavy atom. The number of hydrogen-bond donors (Lipinski definition) is 1. The summed E-state index contributed by atoms with van der Waals surface area (Å²) in [4.78, 5) is 6.37. The number of rotatable bonds is 4. The standard InChI is InChI=1S/C14H22N2S2/c1-4-12-9(2)18-13(15-12)14(16-11-5-6-11)7-8-17-10(14)3/h10-11,16H,4-8H2,1-3H3. The van der Waals surface area contributed by atoms with Crippen LogP contribution in [-0.4, -0.2) is 22.0 Å². The van der Waals surface area contributed by atoms with E-state index in [0.29, 0.717) is 5.25 Å². The molecule has 2 unspecified atom stereocenters. The zero-order valence-electron chi connectivity index (χ0n) is 11.5. The summed E-state index contributed by atoms with van der Waals surface area (Å²) in [5.41, 5.74) is 1.46. The molecule has 1 aromatic rings. The summed E-state index contributed by atoms with van der Waals surface area (Å²) in [5.74, 6) is 1.26. The molecule has 0 bridgehead atoms. The van der Waals surface area contributed by atoms with Crippen LogP contribution in [0.3, 0.4) is 0 Å². The van der Waals surface area contributed by atoms with Crippen LogP contribution in [0.4, 0.5) is 0 Å². The lowest BCUT2D eigenvalue weighted by molar-refractivity contribution is 0.328. The number of hydrogen-bond acceptors (Lipinski definition) is 4. The smallest absolute Gasteiger partial charge is 0.114 e. The van der Waals surface area contributed by atoms with Crippen LogP contribution >= 0.6 is 23.1 Å². The second-order valence-corrected chi connectivity index (χ2v) is 8.18. The van der Waals surface area contributed by atoms with Crippen LogP contribution in [0.5, 0.6) is 0 Å². The van der Waals surface area contributed by atoms with Crippen molar-refractivity contribution < 1.29 is 0 Å². The quantitative estimate of drug-likeness (QED) is 0.915. The van der Waals surface area contributed by atoms with Crippen LogP contribution in [0.25, 0.3) is 0 Å². The van der Waals surface area contributed by atoms with E-state index < -0.39 is 0 Å². The van der Waals surface area contributed by atoms with Crippen LogP contribution < -0.4 is 5.32 Å². The lowest BCUT2D eigenvalue weighted by atomic mass is 9.93. The second kappa shape index (κ2) is 4.80. The van der Waals surface area contributed by atoms with Gasteiger partial charge in [0.25, 0.3) is 0 Å². The van der Waals surface area contributed by atoms with E-state index in [2.05, 4.69) is 37.8 Å². The maximum Gasteiger partial charge on any atom is 0.114 e. The fourth-order valence-electron chi connectivity index (χ4n) is 2.81. The number of nitrogens with one attached hydrogen (secondary N) is 1. The lowest BCUT2D eigenvalue weighted by Gasteiger charge is -2.32. The zero-order valence-corrected chi connectivity index (χ0v) is 13.1. The number of aryl methyl sites for hydroxylation is 2. The van der Waals surface area contributed by atoms with Crippen molar-refractivity contribution in [2.45, 2.75) is 63.3 Å². The molecule has 4 heteroatoms. The molecule has 100 valence electrons. The van der Waals surface area contributed by atoms with Crippen molar-refractivity contribution in [1.82, 2.24) is 10.3 Å². The molecule has 3 rings (SSSR count). The summed E-state index contributed by atoms with van der Waals surface area (Å²) in [5, 5.41) is 5.92. The average molecular weight is 282 g/mol. The summed E-state index contributed by atoms with van der Waals surface area (Å²) in [6, 6.07) is 0.750. The van der Waals surface area contributed by atoms with Gasteiger partial charge in [0.1, 0.15) is 5.01 Å². The van der Waals surface area contributed by atoms with Crippen molar-refractivity contribution in [3.63, 3.8) is 0 Å². The Labute approximate surface area is 118 Å². The highest BCUT2D eigenvalue weighted by Crippen LogP contribution is 2.46. The minimum atomic E-state index is 0.161. The molecule has 2 heterocycles. The van der Waals surface area contributed by atoms with Gasteiger partial charge in [-0.3, -0.25) is 0 Å². The first-order valence-electron chi connectivity index (χ1n) is 7.02. The lowest BCUT2D eigenvalue weighted by Crippen LogP contribution is -2.47. The summed E-state index contributed by atoms with van der Waals surface area (Å²) in [6.07, 6.45) is 5.00. The van der Waals surface area contributed by atoms with Gasteiger partial charge in [-0.25, -0.2) is 4.98 Å². The van der Waals surface area contributed by atoms with E-state index in [1.165, 1.54) is 40.6 Å². The van der Waals surface area contributed by atoms with Crippen LogP contribution in [0, 0.1) is 6.92 Å². The maximum absolute atomic E-state index is 4.96. The Bertz CT molecular complexity index is 439. The highest BCUT2D eigenvalue weighted by atomic mass is 32.2. The molecule has 0 spiro atoms. The molecule has 1 N–H and O–H groups in total. The first-order chi connectivity index (χ1) is 8.65. The monoisotopic (exact) mass is 282 g/mol. The van der Waals surface area contributed by atoms with Crippen molar-refractivity contribution in [2.24, 2.45) is 0 Å². The van der Waals surface area contributed by atoms with Gasteiger partial charge >= 0.3 is 0 Å². The summed E-state index contributed by atoms with van der Waals surface area (Å²) < 4.78 is 0. The van der Waals surface area contributed by atoms with Gasteiger partial charge in [0.05, 0.1) is 11.2 Å². The number of aromatic nitrogens is 1. The third kappa shape index (κ3) is 2.12. The third-order valence-electron chi connectivity index (χ3n) is 4.21. The van der Waals surface area contributed by atoms with Crippen molar-refractivity contribution >= 4 is 23.1 Å². The van der Waals surface area contributed by atoms with Gasteiger partial charge in [0, 0.05) is 16.2 Å². The first kappa shape index (κ1) is 12.9. The fraction of sp³-hybridized carbons (Fsp3) is 0.786. The summed E-state index contributed by atoms with van der Waals surface area (Å²) in [7, 11) is 0. The van der Waals surface area contributed by atoms with Gasteiger partial charge in [-0.05, 0) is 38.4 Å². The molecule has 2 aliphatic rings. The molecule has 0 radical (unpaired) electrons. The van der Waals surface area contributed by atoms with E-state index in [0.717, 1.165) is 12.5 Å². The van der Waals surface area contributed by atoms with Crippen molar-refractivity contribution in [3.8, 4) is 0 Å². The van der Waals surface area contributed by atoms with Crippen molar-refractivity contribution in [3.05, 3.63) is 15.6 Å². The van der Waals surface area contributed by atoms with Gasteiger partial charge in [0.15, 0.2) is 0 Å². The maximum atomic E-state index is 4.96. The molecular formula is C14H22N2S2. The molecule has 18 heavy (non-hydrogen) atoms. The predicted octanol–water partition coefficient (Wildman–Crippen LogP) is 3.49. The SMILES string of the molecule is CCc1nc(C2(NC3CC3)CCSC2C)sc1C. The van der Waals surface area contributed by atoms with Gasteiger partial charge in [-0.1, -0.05) is 13.8 Å². The number of nitrogens with zero attached hydrogens (tertiary/aromatic N) is 1.